The van der Waals surface area contributed by atoms with Crippen LogP contribution in [0.5, 0.6) is 0 Å². The average molecular weight is 531 g/mol. The normalized spacial score (nSPS) is 15.8. The number of piperazine rings is 1. The lowest BCUT2D eigenvalue weighted by Crippen LogP contribution is -2.49. The first-order chi connectivity index (χ1) is 19.5. The zero-order chi connectivity index (χ0) is 27.9. The fraction of sp³-hybridized carbons (Fsp3) is 0.278. The third kappa shape index (κ3) is 6.82. The van der Waals surface area contributed by atoms with Crippen LogP contribution in [0.25, 0.3) is 0 Å². The van der Waals surface area contributed by atoms with Gasteiger partial charge in [-0.05, 0) is 25.0 Å². The van der Waals surface area contributed by atoms with Gasteiger partial charge in [0.15, 0.2) is 11.6 Å². The molecule has 0 radical (unpaired) electrons. The molecule has 0 N–H and O–H groups in total. The molecule has 4 aromatic carbocycles. The lowest BCUT2D eigenvalue weighted by atomic mass is 9.93. The molecule has 204 valence electrons. The summed E-state index contributed by atoms with van der Waals surface area (Å²) in [6.07, 6.45) is 0.891. The first-order valence-electron chi connectivity index (χ1n) is 14.3. The van der Waals surface area contributed by atoms with E-state index in [-0.39, 0.29) is 23.7 Å². The van der Waals surface area contributed by atoms with Crippen molar-refractivity contribution in [3.05, 3.63) is 143 Å². The lowest BCUT2D eigenvalue weighted by molar-refractivity contribution is 0.0557. The molecule has 0 amide bonds. The van der Waals surface area contributed by atoms with E-state index >= 15 is 0 Å². The molecule has 0 aliphatic carbocycles. The predicted molar refractivity (Wildman–Crippen MR) is 162 cm³/mol. The summed E-state index contributed by atoms with van der Waals surface area (Å²) in [5, 5.41) is 0. The van der Waals surface area contributed by atoms with Crippen LogP contribution in [0.15, 0.2) is 109 Å². The Labute approximate surface area is 238 Å². The number of ketones is 2. The van der Waals surface area contributed by atoms with Crippen molar-refractivity contribution in [2.45, 2.75) is 38.8 Å². The Morgan fingerprint density at radius 1 is 0.525 bits per heavy atom. The highest BCUT2D eigenvalue weighted by Crippen LogP contribution is 2.32. The molecule has 4 nitrogen and oxygen atoms in total. The third-order valence-electron chi connectivity index (χ3n) is 8.10. The SMILES string of the molecule is Cc1ccc([C@@H](CC(=O)c2ccccc2)N2CCN([C@@H](CC(=O)c3ccccc3)c3ccc(C)cc3)CC2)cc1. The van der Waals surface area contributed by atoms with Crippen molar-refractivity contribution in [1.29, 1.82) is 0 Å². The Kier molecular flexibility index (Phi) is 9.00. The molecule has 1 fully saturated rings. The number of hydrogen-bond acceptors (Lipinski definition) is 4. The minimum absolute atomic E-state index is 0.0132. The van der Waals surface area contributed by atoms with Crippen LogP contribution >= 0.6 is 0 Å². The molecule has 5 rings (SSSR count). The van der Waals surface area contributed by atoms with Crippen molar-refractivity contribution in [1.82, 2.24) is 9.80 Å². The van der Waals surface area contributed by atoms with Crippen LogP contribution in [0.3, 0.4) is 0 Å². The summed E-state index contributed by atoms with van der Waals surface area (Å²) in [5.74, 6) is 0.333. The average Bonchev–Trinajstić information content (AvgIpc) is 3.00. The molecule has 0 saturated carbocycles. The van der Waals surface area contributed by atoms with E-state index in [1.807, 2.05) is 60.7 Å². The molecule has 4 aromatic rings. The topological polar surface area (TPSA) is 40.6 Å². The highest BCUT2D eigenvalue weighted by Gasteiger charge is 2.31. The van der Waals surface area contributed by atoms with Crippen molar-refractivity contribution >= 4 is 11.6 Å². The molecule has 0 spiro atoms. The van der Waals surface area contributed by atoms with Crippen LogP contribution < -0.4 is 0 Å². The fourth-order valence-corrected chi connectivity index (χ4v) is 5.69. The van der Waals surface area contributed by atoms with E-state index in [1.54, 1.807) is 0 Å². The second kappa shape index (κ2) is 13.0. The molecular weight excluding hydrogens is 492 g/mol. The van der Waals surface area contributed by atoms with Crippen LogP contribution in [-0.4, -0.2) is 47.5 Å². The number of hydrogen-bond donors (Lipinski definition) is 0. The molecule has 4 heteroatoms. The number of carbonyl (C=O) groups is 2. The Morgan fingerprint density at radius 2 is 0.850 bits per heavy atom. The van der Waals surface area contributed by atoms with Crippen LogP contribution in [0, 0.1) is 13.8 Å². The fourth-order valence-electron chi connectivity index (χ4n) is 5.69. The van der Waals surface area contributed by atoms with Crippen molar-refractivity contribution in [3.63, 3.8) is 0 Å². The van der Waals surface area contributed by atoms with Gasteiger partial charge in [-0.3, -0.25) is 19.4 Å². The van der Waals surface area contributed by atoms with Gasteiger partial charge in [0.05, 0.1) is 0 Å². The molecular formula is C36H38N2O2. The summed E-state index contributed by atoms with van der Waals surface area (Å²) < 4.78 is 0. The maximum absolute atomic E-state index is 13.3. The lowest BCUT2D eigenvalue weighted by Gasteiger charge is -2.42. The Morgan fingerprint density at radius 3 is 1.18 bits per heavy atom. The van der Waals surface area contributed by atoms with Crippen molar-refractivity contribution in [2.24, 2.45) is 0 Å². The van der Waals surface area contributed by atoms with E-state index in [0.29, 0.717) is 12.8 Å². The number of Topliss-reactive ketones (excluding diaryl/α,β-unsaturated/α-hetero) is 2. The van der Waals surface area contributed by atoms with Gasteiger partial charge in [-0.1, -0.05) is 120 Å². The number of aryl methyl sites for hydroxylation is 2. The number of benzene rings is 4. The Bertz CT molecular complexity index is 1280. The van der Waals surface area contributed by atoms with Gasteiger partial charge < -0.3 is 0 Å². The number of rotatable bonds is 10. The molecule has 1 heterocycles. The van der Waals surface area contributed by atoms with Crippen molar-refractivity contribution in [2.75, 3.05) is 26.2 Å². The number of carbonyl (C=O) groups excluding carboxylic acids is 2. The van der Waals surface area contributed by atoms with Gasteiger partial charge in [0.2, 0.25) is 0 Å². The zero-order valence-electron chi connectivity index (χ0n) is 23.5. The standard InChI is InChI=1S/C36H38N2O2/c1-27-13-17-29(18-14-27)33(25-35(39)31-9-5-3-6-10-31)37-21-23-38(24-22-37)34(30-19-15-28(2)16-20-30)26-36(40)32-11-7-4-8-12-32/h3-20,33-34H,21-26H2,1-2H3/t33-,34+. The zero-order valence-corrected chi connectivity index (χ0v) is 23.5. The molecule has 2 atom stereocenters. The van der Waals surface area contributed by atoms with Crippen LogP contribution in [0.4, 0.5) is 0 Å². The van der Waals surface area contributed by atoms with E-state index < -0.39 is 0 Å². The van der Waals surface area contributed by atoms with Gasteiger partial charge in [-0.15, -0.1) is 0 Å². The first-order valence-corrected chi connectivity index (χ1v) is 14.3. The molecule has 1 saturated heterocycles. The Balaban J connectivity index is 1.34. The minimum Gasteiger partial charge on any atom is -0.294 e. The van der Waals surface area contributed by atoms with Crippen molar-refractivity contribution < 1.29 is 9.59 Å². The van der Waals surface area contributed by atoms with Crippen LogP contribution in [0.2, 0.25) is 0 Å². The van der Waals surface area contributed by atoms with E-state index in [0.717, 1.165) is 37.3 Å². The van der Waals surface area contributed by atoms with E-state index in [9.17, 15) is 9.59 Å². The molecule has 0 bridgehead atoms. The molecule has 0 aromatic heterocycles. The van der Waals surface area contributed by atoms with Crippen LogP contribution in [0.1, 0.15) is 67.9 Å². The summed E-state index contributed by atoms with van der Waals surface area (Å²) in [4.78, 5) is 31.5. The summed E-state index contributed by atoms with van der Waals surface area (Å²) in [6, 6.07) is 36.4. The third-order valence-corrected chi connectivity index (χ3v) is 8.10. The predicted octanol–water partition coefficient (Wildman–Crippen LogP) is 7.25. The van der Waals surface area contributed by atoms with Gasteiger partial charge >= 0.3 is 0 Å². The van der Waals surface area contributed by atoms with E-state index in [1.165, 1.54) is 22.3 Å². The summed E-state index contributed by atoms with van der Waals surface area (Å²) in [6.45, 7) is 7.53. The quantitative estimate of drug-likeness (QED) is 0.203. The summed E-state index contributed by atoms with van der Waals surface area (Å²) in [5.41, 5.74) is 6.31. The Hall–Kier alpha value is -3.86. The molecule has 1 aliphatic rings. The van der Waals surface area contributed by atoms with Gasteiger partial charge in [-0.25, -0.2) is 0 Å². The molecule has 40 heavy (non-hydrogen) atoms. The van der Waals surface area contributed by atoms with Crippen LogP contribution in [-0.2, 0) is 0 Å². The minimum atomic E-state index is 0.0132. The highest BCUT2D eigenvalue weighted by atomic mass is 16.1. The van der Waals surface area contributed by atoms with Gasteiger partial charge in [0, 0.05) is 62.2 Å². The molecule has 0 unspecified atom stereocenters. The van der Waals surface area contributed by atoms with Crippen molar-refractivity contribution in [3.8, 4) is 0 Å². The maximum atomic E-state index is 13.3. The van der Waals surface area contributed by atoms with Gasteiger partial charge in [0.1, 0.15) is 0 Å². The van der Waals surface area contributed by atoms with E-state index in [4.69, 9.17) is 0 Å². The highest BCUT2D eigenvalue weighted by molar-refractivity contribution is 5.97. The maximum Gasteiger partial charge on any atom is 0.164 e. The van der Waals surface area contributed by atoms with Gasteiger partial charge in [0.25, 0.3) is 0 Å². The molecule has 1 aliphatic heterocycles. The summed E-state index contributed by atoms with van der Waals surface area (Å²) >= 11 is 0. The van der Waals surface area contributed by atoms with Gasteiger partial charge in [-0.2, -0.15) is 0 Å². The monoisotopic (exact) mass is 530 g/mol. The second-order valence-electron chi connectivity index (χ2n) is 10.9. The largest absolute Gasteiger partial charge is 0.294 e. The second-order valence-corrected chi connectivity index (χ2v) is 10.9. The van der Waals surface area contributed by atoms with E-state index in [2.05, 4.69) is 72.2 Å². The smallest absolute Gasteiger partial charge is 0.164 e. The summed E-state index contributed by atoms with van der Waals surface area (Å²) in [7, 11) is 0. The number of nitrogens with zero attached hydrogens (tertiary/aromatic N) is 2. The first kappa shape index (κ1) is 27.7.